The maximum Gasteiger partial charge on any atom is 0.322 e. The van der Waals surface area contributed by atoms with Crippen LogP contribution in [0.2, 0.25) is 0 Å². The van der Waals surface area contributed by atoms with Crippen molar-refractivity contribution in [3.63, 3.8) is 0 Å². The second-order valence-electron chi connectivity index (χ2n) is 0.951. The Labute approximate surface area is 46.2 Å². The van der Waals surface area contributed by atoms with Gasteiger partial charge in [0.05, 0.1) is 0 Å². The van der Waals surface area contributed by atoms with Crippen molar-refractivity contribution in [1.29, 1.82) is 0 Å². The summed E-state index contributed by atoms with van der Waals surface area (Å²) in [6.45, 7) is 0. The van der Waals surface area contributed by atoms with Crippen LogP contribution in [0.25, 0.3) is 0 Å². The highest BCUT2D eigenvalue weighted by Crippen LogP contribution is 1.54. The molecule has 2 N–H and O–H groups in total. The summed E-state index contributed by atoms with van der Waals surface area (Å²) in [6, 6.07) is 0. The summed E-state index contributed by atoms with van der Waals surface area (Å²) in [6.07, 6.45) is 3.09. The molecule has 0 saturated heterocycles. The minimum absolute atomic E-state index is 0. The molecule has 4 heteroatoms. The smallest absolute Gasteiger partial charge is 0.313 e. The molecule has 0 aliphatic rings. The molecular weight excluding hydrogens is 115 g/mol. The molecule has 0 saturated carbocycles. The topological polar surface area (TPSA) is 48.6 Å². The summed E-state index contributed by atoms with van der Waals surface area (Å²) in [7, 11) is 0. The van der Waals surface area contributed by atoms with Gasteiger partial charge in [-0.05, 0) is 0 Å². The SMILES string of the molecule is Cl.O=c1[nH]cc[nH]1. The maximum atomic E-state index is 9.96. The molecule has 40 valence electrons. The molecule has 1 aromatic heterocycles. The number of aromatic nitrogens is 2. The monoisotopic (exact) mass is 120 g/mol. The van der Waals surface area contributed by atoms with E-state index in [1.165, 1.54) is 0 Å². The highest BCUT2D eigenvalue weighted by molar-refractivity contribution is 5.85. The molecule has 7 heavy (non-hydrogen) atoms. The van der Waals surface area contributed by atoms with Crippen molar-refractivity contribution in [3.05, 3.63) is 22.9 Å². The van der Waals surface area contributed by atoms with E-state index in [1.54, 1.807) is 12.4 Å². The predicted octanol–water partition coefficient (Wildman–Crippen LogP) is 0.125. The number of halogens is 1. The van der Waals surface area contributed by atoms with Crippen LogP contribution < -0.4 is 5.69 Å². The van der Waals surface area contributed by atoms with Crippen LogP contribution in [0.5, 0.6) is 0 Å². The van der Waals surface area contributed by atoms with Crippen molar-refractivity contribution in [2.24, 2.45) is 0 Å². The average molecular weight is 121 g/mol. The molecule has 3 nitrogen and oxygen atoms in total. The summed E-state index contributed by atoms with van der Waals surface area (Å²) >= 11 is 0. The first-order valence-electron chi connectivity index (χ1n) is 1.61. The van der Waals surface area contributed by atoms with Crippen molar-refractivity contribution in [2.45, 2.75) is 0 Å². The number of nitrogens with one attached hydrogen (secondary N) is 2. The summed E-state index contributed by atoms with van der Waals surface area (Å²) in [5.41, 5.74) is -0.157. The third-order valence-electron chi connectivity index (χ3n) is 0.512. The van der Waals surface area contributed by atoms with Crippen LogP contribution in [0.15, 0.2) is 17.2 Å². The van der Waals surface area contributed by atoms with Crippen LogP contribution in [0, 0.1) is 0 Å². The van der Waals surface area contributed by atoms with E-state index in [4.69, 9.17) is 0 Å². The lowest BCUT2D eigenvalue weighted by molar-refractivity contribution is 1.19. The van der Waals surface area contributed by atoms with Gasteiger partial charge in [-0.15, -0.1) is 12.4 Å². The molecule has 0 atom stereocenters. The second-order valence-corrected chi connectivity index (χ2v) is 0.951. The van der Waals surface area contributed by atoms with Crippen molar-refractivity contribution in [2.75, 3.05) is 0 Å². The van der Waals surface area contributed by atoms with Gasteiger partial charge in [0.15, 0.2) is 0 Å². The molecule has 0 aliphatic carbocycles. The summed E-state index contributed by atoms with van der Waals surface area (Å²) in [4.78, 5) is 14.7. The van der Waals surface area contributed by atoms with Gasteiger partial charge >= 0.3 is 5.69 Å². The lowest BCUT2D eigenvalue weighted by Crippen LogP contribution is -1.98. The minimum Gasteiger partial charge on any atom is -0.313 e. The van der Waals surface area contributed by atoms with Gasteiger partial charge in [-0.25, -0.2) is 4.79 Å². The van der Waals surface area contributed by atoms with E-state index >= 15 is 0 Å². The number of hydrogen-bond acceptors (Lipinski definition) is 1. The van der Waals surface area contributed by atoms with Crippen molar-refractivity contribution >= 4 is 12.4 Å². The third kappa shape index (κ3) is 1.45. The first kappa shape index (κ1) is 6.30. The van der Waals surface area contributed by atoms with E-state index < -0.39 is 0 Å². The van der Waals surface area contributed by atoms with Gasteiger partial charge in [-0.1, -0.05) is 0 Å². The van der Waals surface area contributed by atoms with Gasteiger partial charge in [0, 0.05) is 12.4 Å². The van der Waals surface area contributed by atoms with E-state index in [-0.39, 0.29) is 18.1 Å². The zero-order valence-corrected chi connectivity index (χ0v) is 4.29. The fourth-order valence-corrected chi connectivity index (χ4v) is 0.276. The zero-order valence-electron chi connectivity index (χ0n) is 3.47. The molecule has 1 heterocycles. The van der Waals surface area contributed by atoms with Crippen LogP contribution in [0.1, 0.15) is 0 Å². The fraction of sp³-hybridized carbons (Fsp3) is 0. The molecule has 0 radical (unpaired) electrons. The summed E-state index contributed by atoms with van der Waals surface area (Å²) in [5.74, 6) is 0. The van der Waals surface area contributed by atoms with E-state index in [1.807, 2.05) is 0 Å². The Morgan fingerprint density at radius 3 is 1.86 bits per heavy atom. The third-order valence-corrected chi connectivity index (χ3v) is 0.512. The van der Waals surface area contributed by atoms with E-state index in [0.717, 1.165) is 0 Å². The number of H-pyrrole nitrogens is 2. The normalized spacial score (nSPS) is 7.43. The summed E-state index contributed by atoms with van der Waals surface area (Å²) in [5, 5.41) is 0. The fourth-order valence-electron chi connectivity index (χ4n) is 0.276. The van der Waals surface area contributed by atoms with Gasteiger partial charge in [0.2, 0.25) is 0 Å². The molecule has 0 fully saturated rings. The Bertz CT molecular complexity index is 151. The highest BCUT2D eigenvalue weighted by Gasteiger charge is 1.69. The molecule has 1 rings (SSSR count). The molecule has 0 aliphatic heterocycles. The van der Waals surface area contributed by atoms with Crippen molar-refractivity contribution in [3.8, 4) is 0 Å². The van der Waals surface area contributed by atoms with E-state index in [2.05, 4.69) is 9.97 Å². The molecular formula is C3H5ClN2O. The quantitative estimate of drug-likeness (QED) is 0.502. The van der Waals surface area contributed by atoms with Crippen LogP contribution >= 0.6 is 12.4 Å². The molecule has 0 bridgehead atoms. The first-order valence-corrected chi connectivity index (χ1v) is 1.61. The van der Waals surface area contributed by atoms with Crippen LogP contribution in [-0.2, 0) is 0 Å². The number of hydrogen-bond donors (Lipinski definition) is 2. The Balaban J connectivity index is 0.000000360. The zero-order chi connectivity index (χ0) is 4.41. The molecule has 0 aromatic carbocycles. The molecule has 1 aromatic rings. The van der Waals surface area contributed by atoms with Crippen molar-refractivity contribution < 1.29 is 0 Å². The van der Waals surface area contributed by atoms with Crippen molar-refractivity contribution in [1.82, 2.24) is 9.97 Å². The first-order chi connectivity index (χ1) is 2.89. The molecule has 0 unspecified atom stereocenters. The predicted molar refractivity (Wildman–Crippen MR) is 28.7 cm³/mol. The largest absolute Gasteiger partial charge is 0.322 e. The lowest BCUT2D eigenvalue weighted by atomic mass is 11.0. The Morgan fingerprint density at radius 1 is 1.29 bits per heavy atom. The van der Waals surface area contributed by atoms with Crippen LogP contribution in [-0.4, -0.2) is 9.97 Å². The number of rotatable bonds is 0. The Kier molecular flexibility index (Phi) is 2.22. The van der Waals surface area contributed by atoms with Gasteiger partial charge in [-0.2, -0.15) is 0 Å². The number of imidazole rings is 1. The van der Waals surface area contributed by atoms with Gasteiger partial charge in [0.25, 0.3) is 0 Å². The molecule has 0 spiro atoms. The van der Waals surface area contributed by atoms with Gasteiger partial charge < -0.3 is 9.97 Å². The van der Waals surface area contributed by atoms with E-state index in [0.29, 0.717) is 0 Å². The summed E-state index contributed by atoms with van der Waals surface area (Å²) < 4.78 is 0. The van der Waals surface area contributed by atoms with E-state index in [9.17, 15) is 4.79 Å². The average Bonchev–Trinajstić information content (AvgIpc) is 1.86. The Morgan fingerprint density at radius 2 is 1.71 bits per heavy atom. The molecule has 0 amide bonds. The maximum absolute atomic E-state index is 9.96. The van der Waals surface area contributed by atoms with Gasteiger partial charge in [0.1, 0.15) is 0 Å². The number of aromatic amines is 2. The minimum atomic E-state index is -0.157. The lowest BCUT2D eigenvalue weighted by Gasteiger charge is -1.52. The Hall–Kier alpha value is -0.700. The van der Waals surface area contributed by atoms with Crippen LogP contribution in [0.4, 0.5) is 0 Å². The van der Waals surface area contributed by atoms with Crippen LogP contribution in [0.3, 0.4) is 0 Å². The van der Waals surface area contributed by atoms with Gasteiger partial charge in [-0.3, -0.25) is 0 Å². The second kappa shape index (κ2) is 2.47. The highest BCUT2D eigenvalue weighted by atomic mass is 35.5. The standard InChI is InChI=1S/C3H4N2O.ClH/c6-3-4-1-2-5-3;/h1-2H,(H2,4,5,6);1H.